The summed E-state index contributed by atoms with van der Waals surface area (Å²) in [5.74, 6) is 0.617. The van der Waals surface area contributed by atoms with Crippen LogP contribution in [0.4, 0.5) is 5.69 Å². The molecule has 0 amide bonds. The number of allylic oxidation sites excluding steroid dienone is 1. The monoisotopic (exact) mass is 471 g/mol. The molecule has 3 aromatic carbocycles. The van der Waals surface area contributed by atoms with Gasteiger partial charge in [0.05, 0.1) is 20.3 Å². The molecule has 0 radical (unpaired) electrons. The van der Waals surface area contributed by atoms with Crippen molar-refractivity contribution in [2.24, 2.45) is 5.41 Å². The van der Waals surface area contributed by atoms with Crippen molar-refractivity contribution in [1.82, 2.24) is 0 Å². The largest absolute Gasteiger partial charge is 0.493 e. The molecule has 180 valence electrons. The van der Waals surface area contributed by atoms with Crippen molar-refractivity contribution in [2.75, 3.05) is 19.5 Å². The van der Waals surface area contributed by atoms with E-state index in [9.17, 15) is 9.59 Å². The Hall–Kier alpha value is -3.80. The fourth-order valence-electron chi connectivity index (χ4n) is 5.40. The van der Waals surface area contributed by atoms with E-state index in [0.29, 0.717) is 17.9 Å². The van der Waals surface area contributed by atoms with Gasteiger partial charge in [0.15, 0.2) is 17.3 Å². The van der Waals surface area contributed by atoms with E-state index in [1.807, 2.05) is 24.3 Å². The van der Waals surface area contributed by atoms with Crippen LogP contribution in [-0.2, 0) is 9.59 Å². The highest BCUT2D eigenvalue weighted by Gasteiger charge is 2.41. The molecule has 0 aromatic heterocycles. The summed E-state index contributed by atoms with van der Waals surface area (Å²) in [5.41, 5.74) is 4.61. The number of Topliss-reactive ketones (excluding diaryl/α,β-unsaturated/α-hetero) is 1. The van der Waals surface area contributed by atoms with Gasteiger partial charge in [-0.2, -0.15) is 0 Å². The van der Waals surface area contributed by atoms with Gasteiger partial charge in [0.2, 0.25) is 5.75 Å². The van der Waals surface area contributed by atoms with Gasteiger partial charge in [-0.25, -0.2) is 0 Å². The second-order valence-corrected chi connectivity index (χ2v) is 9.97. The van der Waals surface area contributed by atoms with Gasteiger partial charge in [0.1, 0.15) is 0 Å². The third-order valence-electron chi connectivity index (χ3n) is 6.80. The molecular formula is C29H29NO5. The van der Waals surface area contributed by atoms with Crippen molar-refractivity contribution >= 4 is 33.8 Å². The molecule has 1 aliphatic carbocycles. The van der Waals surface area contributed by atoms with Crippen molar-refractivity contribution < 1.29 is 23.8 Å². The molecular weight excluding hydrogens is 442 g/mol. The maximum Gasteiger partial charge on any atom is 0.308 e. The lowest BCUT2D eigenvalue weighted by atomic mass is 9.68. The number of rotatable bonds is 4. The maximum atomic E-state index is 13.7. The Morgan fingerprint density at radius 1 is 1.00 bits per heavy atom. The van der Waals surface area contributed by atoms with Gasteiger partial charge in [0, 0.05) is 30.2 Å². The highest BCUT2D eigenvalue weighted by atomic mass is 16.6. The third-order valence-corrected chi connectivity index (χ3v) is 6.80. The van der Waals surface area contributed by atoms with Gasteiger partial charge < -0.3 is 19.5 Å². The zero-order valence-corrected chi connectivity index (χ0v) is 20.7. The number of esters is 1. The SMILES string of the molecule is COc1cc(C2Nc3ccc4ccccc4c3C3=C2C(=O)CC(C)(C)C3)cc(OC)c1OC(C)=O. The first kappa shape index (κ1) is 23.0. The molecule has 5 rings (SSSR count). The molecule has 1 unspecified atom stereocenters. The lowest BCUT2D eigenvalue weighted by molar-refractivity contribution is -0.132. The van der Waals surface area contributed by atoms with Crippen molar-refractivity contribution in [3.8, 4) is 17.2 Å². The van der Waals surface area contributed by atoms with E-state index >= 15 is 0 Å². The van der Waals surface area contributed by atoms with E-state index in [2.05, 4.69) is 43.4 Å². The second kappa shape index (κ2) is 8.45. The summed E-state index contributed by atoms with van der Waals surface area (Å²) >= 11 is 0. The Kier molecular flexibility index (Phi) is 5.55. The minimum absolute atomic E-state index is 0.134. The highest BCUT2D eigenvalue weighted by Crippen LogP contribution is 2.53. The zero-order chi connectivity index (χ0) is 24.9. The van der Waals surface area contributed by atoms with Gasteiger partial charge in [-0.05, 0) is 51.9 Å². The summed E-state index contributed by atoms with van der Waals surface area (Å²) in [5, 5.41) is 5.90. The number of carbonyl (C=O) groups excluding carboxylic acids is 2. The number of hydrogen-bond acceptors (Lipinski definition) is 6. The van der Waals surface area contributed by atoms with E-state index in [1.165, 1.54) is 21.1 Å². The number of methoxy groups -OCH3 is 2. The van der Waals surface area contributed by atoms with Crippen LogP contribution in [0.25, 0.3) is 16.3 Å². The molecule has 2 aliphatic rings. The number of nitrogens with one attached hydrogen (secondary N) is 1. The van der Waals surface area contributed by atoms with Crippen molar-refractivity contribution in [2.45, 2.75) is 39.7 Å². The molecule has 1 N–H and O–H groups in total. The fraction of sp³-hybridized carbons (Fsp3) is 0.310. The molecule has 1 heterocycles. The maximum absolute atomic E-state index is 13.7. The highest BCUT2D eigenvalue weighted by molar-refractivity contribution is 6.12. The van der Waals surface area contributed by atoms with Crippen LogP contribution in [0.3, 0.4) is 0 Å². The first-order valence-electron chi connectivity index (χ1n) is 11.7. The number of hydrogen-bond donors (Lipinski definition) is 1. The van der Waals surface area contributed by atoms with Gasteiger partial charge in [-0.15, -0.1) is 0 Å². The van der Waals surface area contributed by atoms with Crippen LogP contribution in [0.1, 0.15) is 50.8 Å². The second-order valence-electron chi connectivity index (χ2n) is 9.97. The molecule has 1 atom stereocenters. The van der Waals surface area contributed by atoms with Crippen molar-refractivity contribution in [3.05, 3.63) is 65.2 Å². The zero-order valence-electron chi connectivity index (χ0n) is 20.7. The first-order chi connectivity index (χ1) is 16.7. The molecule has 0 saturated carbocycles. The Balaban J connectivity index is 1.75. The van der Waals surface area contributed by atoms with Crippen LogP contribution in [-0.4, -0.2) is 26.0 Å². The van der Waals surface area contributed by atoms with Gasteiger partial charge >= 0.3 is 5.97 Å². The van der Waals surface area contributed by atoms with Gasteiger partial charge in [-0.3, -0.25) is 9.59 Å². The number of ketones is 1. The van der Waals surface area contributed by atoms with E-state index in [1.54, 1.807) is 0 Å². The number of carbonyl (C=O) groups is 2. The Morgan fingerprint density at radius 2 is 1.69 bits per heavy atom. The molecule has 0 fully saturated rings. The molecule has 0 spiro atoms. The lowest BCUT2D eigenvalue weighted by Crippen LogP contribution is -2.33. The summed E-state index contributed by atoms with van der Waals surface area (Å²) in [4.78, 5) is 25.3. The predicted octanol–water partition coefficient (Wildman–Crippen LogP) is 6.09. The number of ether oxygens (including phenoxy) is 3. The summed E-state index contributed by atoms with van der Waals surface area (Å²) in [6.07, 6.45) is 1.27. The first-order valence-corrected chi connectivity index (χ1v) is 11.7. The normalized spacial score (nSPS) is 18.4. The Bertz CT molecular complexity index is 1380. The number of anilines is 1. The van der Waals surface area contributed by atoms with E-state index in [0.717, 1.165) is 45.2 Å². The predicted molar refractivity (Wildman–Crippen MR) is 136 cm³/mol. The summed E-state index contributed by atoms with van der Waals surface area (Å²) < 4.78 is 16.5. The Morgan fingerprint density at radius 3 is 2.34 bits per heavy atom. The fourth-order valence-corrected chi connectivity index (χ4v) is 5.40. The summed E-state index contributed by atoms with van der Waals surface area (Å²) in [7, 11) is 3.03. The third kappa shape index (κ3) is 3.93. The topological polar surface area (TPSA) is 73.9 Å². The molecule has 1 aliphatic heterocycles. The van der Waals surface area contributed by atoms with Crippen LogP contribution in [0.5, 0.6) is 17.2 Å². The van der Waals surface area contributed by atoms with Crippen molar-refractivity contribution in [1.29, 1.82) is 0 Å². The Labute approximate surface area is 204 Å². The number of benzene rings is 3. The van der Waals surface area contributed by atoms with Crippen LogP contribution in [0.15, 0.2) is 54.1 Å². The molecule has 0 bridgehead atoms. The minimum atomic E-state index is -0.472. The van der Waals surface area contributed by atoms with E-state index in [4.69, 9.17) is 14.2 Å². The van der Waals surface area contributed by atoms with Crippen LogP contribution in [0.2, 0.25) is 0 Å². The summed E-state index contributed by atoms with van der Waals surface area (Å²) in [6.45, 7) is 5.63. The average Bonchev–Trinajstić information content (AvgIpc) is 2.82. The molecule has 3 aromatic rings. The lowest BCUT2D eigenvalue weighted by Gasteiger charge is -2.40. The van der Waals surface area contributed by atoms with Crippen LogP contribution < -0.4 is 19.5 Å². The summed E-state index contributed by atoms with van der Waals surface area (Å²) in [6, 6.07) is 15.7. The number of fused-ring (bicyclic) bond motifs is 4. The van der Waals surface area contributed by atoms with Crippen molar-refractivity contribution in [3.63, 3.8) is 0 Å². The smallest absolute Gasteiger partial charge is 0.308 e. The van der Waals surface area contributed by atoms with Crippen LogP contribution >= 0.6 is 0 Å². The van der Waals surface area contributed by atoms with E-state index in [-0.39, 0.29) is 16.9 Å². The van der Waals surface area contributed by atoms with Crippen LogP contribution in [0, 0.1) is 5.41 Å². The van der Waals surface area contributed by atoms with E-state index < -0.39 is 12.0 Å². The molecule has 6 heteroatoms. The molecule has 35 heavy (non-hydrogen) atoms. The molecule has 0 saturated heterocycles. The minimum Gasteiger partial charge on any atom is -0.493 e. The standard InChI is InChI=1S/C29H29NO5/c1-16(31)35-28-23(33-4)12-18(13-24(28)34-5)27-26-20(14-29(2,3)15-22(26)32)25-19-9-7-6-8-17(19)10-11-21(25)30-27/h6-13,27,30H,14-15H2,1-5H3. The van der Waals surface area contributed by atoms with Gasteiger partial charge in [-0.1, -0.05) is 44.2 Å². The average molecular weight is 472 g/mol. The quantitative estimate of drug-likeness (QED) is 0.367. The van der Waals surface area contributed by atoms with Gasteiger partial charge in [0.25, 0.3) is 0 Å². The molecule has 6 nitrogen and oxygen atoms in total.